The largest absolute Gasteiger partial charge is 0.371 e. The lowest BCUT2D eigenvalue weighted by Crippen LogP contribution is -1.97. The summed E-state index contributed by atoms with van der Waals surface area (Å²) in [6.07, 6.45) is 3.24. The molecule has 1 N–H and O–H groups in total. The maximum Gasteiger partial charge on any atom is 0.152 e. The average molecular weight is 254 g/mol. The lowest BCUT2D eigenvalue weighted by molar-refractivity contribution is 1.19. The van der Waals surface area contributed by atoms with Crippen molar-refractivity contribution in [3.63, 3.8) is 0 Å². The van der Waals surface area contributed by atoms with Crippen LogP contribution in [0.15, 0.2) is 30.6 Å². The predicted octanol–water partition coefficient (Wildman–Crippen LogP) is 3.49. The van der Waals surface area contributed by atoms with Gasteiger partial charge in [0.25, 0.3) is 0 Å². The van der Waals surface area contributed by atoms with E-state index >= 15 is 0 Å². The number of hydrogen-bond donors (Lipinski definition) is 1. The molecular weight excluding hydrogens is 245 g/mol. The molecule has 16 heavy (non-hydrogen) atoms. The van der Waals surface area contributed by atoms with Gasteiger partial charge in [-0.05, 0) is 6.07 Å². The molecule has 0 saturated heterocycles. The standard InChI is InChI=1S/C11H9Cl2N3/c1-14-11-10(15-5-6-16-11)7-3-2-4-8(12)9(7)13/h2-6H,1H3,(H,14,16). The Morgan fingerprint density at radius 3 is 2.62 bits per heavy atom. The van der Waals surface area contributed by atoms with Crippen molar-refractivity contribution in [3.05, 3.63) is 40.6 Å². The highest BCUT2D eigenvalue weighted by Gasteiger charge is 2.11. The molecule has 0 bridgehead atoms. The van der Waals surface area contributed by atoms with Crippen LogP contribution in [-0.2, 0) is 0 Å². The molecule has 0 aliphatic carbocycles. The number of rotatable bonds is 2. The third kappa shape index (κ3) is 1.96. The normalized spacial score (nSPS) is 10.2. The second-order valence-electron chi connectivity index (χ2n) is 3.10. The van der Waals surface area contributed by atoms with Gasteiger partial charge in [0.2, 0.25) is 0 Å². The van der Waals surface area contributed by atoms with Crippen molar-refractivity contribution in [2.45, 2.75) is 0 Å². The maximum atomic E-state index is 6.13. The molecule has 0 fully saturated rings. The van der Waals surface area contributed by atoms with Crippen LogP contribution in [0, 0.1) is 0 Å². The summed E-state index contributed by atoms with van der Waals surface area (Å²) in [4.78, 5) is 8.42. The molecule has 0 radical (unpaired) electrons. The van der Waals surface area contributed by atoms with E-state index in [0.717, 1.165) is 5.56 Å². The Kier molecular flexibility index (Phi) is 3.27. The molecule has 0 spiro atoms. The summed E-state index contributed by atoms with van der Waals surface area (Å²) in [7, 11) is 1.78. The first-order chi connectivity index (χ1) is 7.74. The molecule has 82 valence electrons. The van der Waals surface area contributed by atoms with Gasteiger partial charge < -0.3 is 5.32 Å². The molecule has 1 aromatic heterocycles. The van der Waals surface area contributed by atoms with Crippen LogP contribution in [0.2, 0.25) is 10.0 Å². The molecule has 0 aliphatic heterocycles. The Balaban J connectivity index is 2.63. The van der Waals surface area contributed by atoms with Gasteiger partial charge in [-0.15, -0.1) is 0 Å². The summed E-state index contributed by atoms with van der Waals surface area (Å²) in [5, 5.41) is 3.96. The number of halogens is 2. The van der Waals surface area contributed by atoms with Crippen molar-refractivity contribution in [1.82, 2.24) is 9.97 Å². The first-order valence-corrected chi connectivity index (χ1v) is 5.42. The van der Waals surface area contributed by atoms with E-state index in [1.165, 1.54) is 0 Å². The smallest absolute Gasteiger partial charge is 0.152 e. The summed E-state index contributed by atoms with van der Waals surface area (Å²) in [5.41, 5.74) is 1.46. The van der Waals surface area contributed by atoms with Crippen LogP contribution in [0.4, 0.5) is 5.82 Å². The van der Waals surface area contributed by atoms with Crippen molar-refractivity contribution < 1.29 is 0 Å². The van der Waals surface area contributed by atoms with E-state index < -0.39 is 0 Å². The molecule has 0 amide bonds. The summed E-state index contributed by atoms with van der Waals surface area (Å²) in [5.74, 6) is 0.673. The number of aromatic nitrogens is 2. The molecule has 0 atom stereocenters. The molecule has 3 nitrogen and oxygen atoms in total. The van der Waals surface area contributed by atoms with Gasteiger partial charge in [-0.1, -0.05) is 35.3 Å². The van der Waals surface area contributed by atoms with E-state index in [0.29, 0.717) is 21.6 Å². The minimum absolute atomic E-state index is 0.487. The van der Waals surface area contributed by atoms with E-state index in [4.69, 9.17) is 23.2 Å². The fourth-order valence-corrected chi connectivity index (χ4v) is 1.79. The van der Waals surface area contributed by atoms with Gasteiger partial charge in [0.15, 0.2) is 5.82 Å². The van der Waals surface area contributed by atoms with Crippen molar-refractivity contribution in [2.24, 2.45) is 0 Å². The van der Waals surface area contributed by atoms with E-state index in [1.807, 2.05) is 12.1 Å². The lowest BCUT2D eigenvalue weighted by atomic mass is 10.1. The fraction of sp³-hybridized carbons (Fsp3) is 0.0909. The average Bonchev–Trinajstić information content (AvgIpc) is 2.33. The van der Waals surface area contributed by atoms with Crippen molar-refractivity contribution in [2.75, 3.05) is 12.4 Å². The minimum atomic E-state index is 0.487. The molecule has 2 aromatic rings. The molecule has 1 aromatic carbocycles. The number of nitrogens with zero attached hydrogens (tertiary/aromatic N) is 2. The Hall–Kier alpha value is -1.32. The quantitative estimate of drug-likeness (QED) is 0.891. The molecular formula is C11H9Cl2N3. The summed E-state index contributed by atoms with van der Waals surface area (Å²) < 4.78 is 0. The van der Waals surface area contributed by atoms with Crippen molar-refractivity contribution in [3.8, 4) is 11.3 Å². The third-order valence-corrected chi connectivity index (χ3v) is 2.96. The Morgan fingerprint density at radius 1 is 1.12 bits per heavy atom. The van der Waals surface area contributed by atoms with Crippen LogP contribution in [-0.4, -0.2) is 17.0 Å². The Morgan fingerprint density at radius 2 is 1.88 bits per heavy atom. The molecule has 0 unspecified atom stereocenters. The Bertz CT molecular complexity index is 514. The van der Waals surface area contributed by atoms with Crippen LogP contribution in [0.1, 0.15) is 0 Å². The van der Waals surface area contributed by atoms with Crippen LogP contribution in [0.25, 0.3) is 11.3 Å². The molecule has 1 heterocycles. The first-order valence-electron chi connectivity index (χ1n) is 4.67. The van der Waals surface area contributed by atoms with E-state index in [2.05, 4.69) is 15.3 Å². The van der Waals surface area contributed by atoms with E-state index in [-0.39, 0.29) is 0 Å². The first kappa shape index (κ1) is 11.2. The highest BCUT2D eigenvalue weighted by atomic mass is 35.5. The zero-order valence-electron chi connectivity index (χ0n) is 8.54. The zero-order chi connectivity index (χ0) is 11.5. The van der Waals surface area contributed by atoms with E-state index in [9.17, 15) is 0 Å². The van der Waals surface area contributed by atoms with Gasteiger partial charge in [0.1, 0.15) is 5.69 Å². The van der Waals surface area contributed by atoms with Gasteiger partial charge >= 0.3 is 0 Å². The van der Waals surface area contributed by atoms with Crippen LogP contribution >= 0.6 is 23.2 Å². The molecule has 2 rings (SSSR count). The SMILES string of the molecule is CNc1nccnc1-c1cccc(Cl)c1Cl. The Labute approximate surface area is 103 Å². The zero-order valence-corrected chi connectivity index (χ0v) is 10.0. The van der Waals surface area contributed by atoms with Gasteiger partial charge in [-0.25, -0.2) is 4.98 Å². The number of anilines is 1. The number of nitrogens with one attached hydrogen (secondary N) is 1. The van der Waals surface area contributed by atoms with Crippen LogP contribution < -0.4 is 5.32 Å². The van der Waals surface area contributed by atoms with Gasteiger partial charge in [0, 0.05) is 25.0 Å². The molecule has 5 heteroatoms. The highest BCUT2D eigenvalue weighted by molar-refractivity contribution is 6.43. The second-order valence-corrected chi connectivity index (χ2v) is 3.89. The van der Waals surface area contributed by atoms with Crippen LogP contribution in [0.3, 0.4) is 0 Å². The van der Waals surface area contributed by atoms with Crippen molar-refractivity contribution in [1.29, 1.82) is 0 Å². The fourth-order valence-electron chi connectivity index (χ4n) is 1.40. The van der Waals surface area contributed by atoms with Crippen molar-refractivity contribution >= 4 is 29.0 Å². The molecule has 0 aliphatic rings. The lowest BCUT2D eigenvalue weighted by Gasteiger charge is -2.08. The summed E-state index contributed by atoms with van der Waals surface area (Å²) in [6.45, 7) is 0. The van der Waals surface area contributed by atoms with Gasteiger partial charge in [-0.2, -0.15) is 0 Å². The summed E-state index contributed by atoms with van der Waals surface area (Å²) >= 11 is 12.1. The number of benzene rings is 1. The predicted molar refractivity (Wildman–Crippen MR) is 67.0 cm³/mol. The number of hydrogen-bond acceptors (Lipinski definition) is 3. The highest BCUT2D eigenvalue weighted by Crippen LogP contribution is 2.34. The molecule has 0 saturated carbocycles. The summed E-state index contributed by atoms with van der Waals surface area (Å²) in [6, 6.07) is 5.43. The maximum absolute atomic E-state index is 6.13. The third-order valence-electron chi connectivity index (χ3n) is 2.14. The monoisotopic (exact) mass is 253 g/mol. The van der Waals surface area contributed by atoms with Gasteiger partial charge in [0.05, 0.1) is 10.0 Å². The van der Waals surface area contributed by atoms with Crippen LogP contribution in [0.5, 0.6) is 0 Å². The van der Waals surface area contributed by atoms with Gasteiger partial charge in [-0.3, -0.25) is 4.98 Å². The van der Waals surface area contributed by atoms with E-state index in [1.54, 1.807) is 25.5 Å². The minimum Gasteiger partial charge on any atom is -0.371 e. The second kappa shape index (κ2) is 4.68. The topological polar surface area (TPSA) is 37.8 Å².